The lowest BCUT2D eigenvalue weighted by atomic mass is 9.86. The normalized spacial score (nSPS) is 20.3. The van der Waals surface area contributed by atoms with Crippen LogP contribution in [0.25, 0.3) is 0 Å². The monoisotopic (exact) mass is 442 g/mol. The first-order valence-electron chi connectivity index (χ1n) is 9.50. The second-order valence-electron chi connectivity index (χ2n) is 7.28. The summed E-state index contributed by atoms with van der Waals surface area (Å²) < 4.78 is 27.8. The van der Waals surface area contributed by atoms with Crippen LogP contribution in [-0.2, 0) is 14.8 Å². The van der Waals surface area contributed by atoms with Crippen molar-refractivity contribution in [3.63, 3.8) is 0 Å². The van der Waals surface area contributed by atoms with Gasteiger partial charge in [0.1, 0.15) is 0 Å². The Morgan fingerprint density at radius 2 is 1.62 bits per heavy atom. The van der Waals surface area contributed by atoms with Gasteiger partial charge in [-0.15, -0.1) is 0 Å². The molecular formula is C19H27BrN2O3S. The molecule has 0 unspecified atom stereocenters. The Hall–Kier alpha value is -0.920. The number of carbonyl (C=O) groups is 1. The number of amides is 1. The van der Waals surface area contributed by atoms with Crippen molar-refractivity contribution in [1.29, 1.82) is 0 Å². The summed E-state index contributed by atoms with van der Waals surface area (Å²) in [6, 6.07) is 6.69. The summed E-state index contributed by atoms with van der Waals surface area (Å²) >= 11 is 3.32. The molecule has 0 spiro atoms. The van der Waals surface area contributed by atoms with Crippen molar-refractivity contribution in [2.75, 3.05) is 26.2 Å². The summed E-state index contributed by atoms with van der Waals surface area (Å²) in [4.78, 5) is 14.6. The molecule has 1 aliphatic heterocycles. The molecular weight excluding hydrogens is 416 g/mol. The molecule has 1 aromatic carbocycles. The largest absolute Gasteiger partial charge is 0.340 e. The van der Waals surface area contributed by atoms with Gasteiger partial charge in [-0.25, -0.2) is 8.42 Å². The van der Waals surface area contributed by atoms with Gasteiger partial charge in [0.25, 0.3) is 0 Å². The molecule has 3 rings (SSSR count). The number of hydrogen-bond donors (Lipinski definition) is 0. The Balaban J connectivity index is 1.50. The van der Waals surface area contributed by atoms with E-state index < -0.39 is 10.0 Å². The Labute approximate surface area is 164 Å². The third-order valence-corrected chi connectivity index (χ3v) is 7.98. The summed E-state index contributed by atoms with van der Waals surface area (Å²) in [5.41, 5.74) is 0. The average Bonchev–Trinajstić information content (AvgIpc) is 2.67. The number of halogens is 1. The van der Waals surface area contributed by atoms with Gasteiger partial charge in [0.2, 0.25) is 15.9 Å². The van der Waals surface area contributed by atoms with E-state index in [9.17, 15) is 13.2 Å². The molecule has 5 nitrogen and oxygen atoms in total. The van der Waals surface area contributed by atoms with Gasteiger partial charge < -0.3 is 4.90 Å². The van der Waals surface area contributed by atoms with Gasteiger partial charge >= 0.3 is 0 Å². The zero-order valence-electron chi connectivity index (χ0n) is 15.1. The van der Waals surface area contributed by atoms with Crippen molar-refractivity contribution in [3.05, 3.63) is 28.7 Å². The predicted octanol–water partition coefficient (Wildman–Crippen LogP) is 3.64. The maximum absolute atomic E-state index is 12.7. The van der Waals surface area contributed by atoms with Gasteiger partial charge in [-0.2, -0.15) is 4.31 Å². The minimum Gasteiger partial charge on any atom is -0.340 e. The van der Waals surface area contributed by atoms with E-state index in [4.69, 9.17) is 0 Å². The lowest BCUT2D eigenvalue weighted by Gasteiger charge is -2.34. The first-order valence-corrected chi connectivity index (χ1v) is 11.7. The van der Waals surface area contributed by atoms with Crippen LogP contribution in [0.1, 0.15) is 44.9 Å². The Kier molecular flexibility index (Phi) is 6.75. The zero-order chi connectivity index (χ0) is 18.6. The highest BCUT2D eigenvalue weighted by atomic mass is 79.9. The second kappa shape index (κ2) is 8.85. The number of hydrogen-bond acceptors (Lipinski definition) is 3. The highest BCUT2D eigenvalue weighted by Crippen LogP contribution is 2.27. The number of piperazine rings is 1. The van der Waals surface area contributed by atoms with E-state index in [1.54, 1.807) is 24.3 Å². The van der Waals surface area contributed by atoms with Gasteiger partial charge in [-0.1, -0.05) is 48.0 Å². The second-order valence-corrected chi connectivity index (χ2v) is 10.1. The van der Waals surface area contributed by atoms with Crippen molar-refractivity contribution in [3.8, 4) is 0 Å². The van der Waals surface area contributed by atoms with E-state index in [-0.39, 0.29) is 5.91 Å². The minimum absolute atomic E-state index is 0.177. The molecule has 1 aromatic rings. The molecule has 144 valence electrons. The Bertz CT molecular complexity index is 707. The van der Waals surface area contributed by atoms with Crippen LogP contribution in [0, 0.1) is 5.92 Å². The summed E-state index contributed by atoms with van der Waals surface area (Å²) in [6.45, 7) is 1.71. The van der Waals surface area contributed by atoms with Gasteiger partial charge in [-0.3, -0.25) is 4.79 Å². The van der Waals surface area contributed by atoms with Crippen LogP contribution in [0.4, 0.5) is 0 Å². The van der Waals surface area contributed by atoms with Crippen molar-refractivity contribution in [2.45, 2.75) is 49.8 Å². The fourth-order valence-corrected chi connectivity index (χ4v) is 5.58. The Morgan fingerprint density at radius 3 is 2.23 bits per heavy atom. The van der Waals surface area contributed by atoms with E-state index in [0.29, 0.717) is 43.4 Å². The van der Waals surface area contributed by atoms with Crippen molar-refractivity contribution in [2.24, 2.45) is 5.92 Å². The number of nitrogens with zero attached hydrogens (tertiary/aromatic N) is 2. The first-order chi connectivity index (χ1) is 12.5. The molecule has 26 heavy (non-hydrogen) atoms. The smallest absolute Gasteiger partial charge is 0.243 e. The van der Waals surface area contributed by atoms with Gasteiger partial charge in [0.15, 0.2) is 0 Å². The molecule has 1 saturated heterocycles. The highest BCUT2D eigenvalue weighted by molar-refractivity contribution is 9.10. The lowest BCUT2D eigenvalue weighted by molar-refractivity contribution is -0.132. The fourth-order valence-electron chi connectivity index (χ4n) is 3.90. The van der Waals surface area contributed by atoms with Gasteiger partial charge in [0, 0.05) is 37.1 Å². The van der Waals surface area contributed by atoms with E-state index >= 15 is 0 Å². The summed E-state index contributed by atoms with van der Waals surface area (Å²) in [6.07, 6.45) is 8.02. The predicted molar refractivity (Wildman–Crippen MR) is 105 cm³/mol. The molecule has 0 N–H and O–H groups in total. The highest BCUT2D eigenvalue weighted by Gasteiger charge is 2.30. The summed E-state index contributed by atoms with van der Waals surface area (Å²) in [7, 11) is -3.48. The van der Waals surface area contributed by atoms with Crippen molar-refractivity contribution < 1.29 is 13.2 Å². The Morgan fingerprint density at radius 1 is 1.00 bits per heavy atom. The summed E-state index contributed by atoms with van der Waals surface area (Å²) in [5, 5.41) is 0. The van der Waals surface area contributed by atoms with Gasteiger partial charge in [0.05, 0.1) is 4.90 Å². The quantitative estimate of drug-likeness (QED) is 0.698. The van der Waals surface area contributed by atoms with Crippen LogP contribution >= 0.6 is 15.9 Å². The molecule has 1 saturated carbocycles. The van der Waals surface area contributed by atoms with E-state index in [1.807, 2.05) is 4.90 Å². The number of sulfonamides is 1. The summed E-state index contributed by atoms with van der Waals surface area (Å²) in [5.74, 6) is 0.878. The number of carbonyl (C=O) groups excluding carboxylic acids is 1. The van der Waals surface area contributed by atoms with Crippen LogP contribution in [0.2, 0.25) is 0 Å². The van der Waals surface area contributed by atoms with Crippen LogP contribution < -0.4 is 0 Å². The van der Waals surface area contributed by atoms with E-state index in [2.05, 4.69) is 15.9 Å². The van der Waals surface area contributed by atoms with Crippen molar-refractivity contribution in [1.82, 2.24) is 9.21 Å². The maximum Gasteiger partial charge on any atom is 0.243 e. The number of rotatable bonds is 5. The molecule has 0 atom stereocenters. The number of benzene rings is 1. The standard InChI is InChI=1S/C19H27BrN2O3S/c20-17-7-9-18(10-8-17)26(24,25)22-14-12-21(13-15-22)19(23)11-6-16-4-2-1-3-5-16/h7-10,16H,1-6,11-15H2. The maximum atomic E-state index is 12.7. The zero-order valence-corrected chi connectivity index (χ0v) is 17.5. The molecule has 0 aromatic heterocycles. The van der Waals surface area contributed by atoms with Crippen LogP contribution in [0.15, 0.2) is 33.6 Å². The molecule has 7 heteroatoms. The van der Waals surface area contributed by atoms with Gasteiger partial charge in [-0.05, 0) is 36.6 Å². The van der Waals surface area contributed by atoms with Crippen molar-refractivity contribution >= 4 is 31.9 Å². The molecule has 0 bridgehead atoms. The SMILES string of the molecule is O=C(CCC1CCCCC1)N1CCN(S(=O)(=O)c2ccc(Br)cc2)CC1. The fraction of sp³-hybridized carbons (Fsp3) is 0.632. The third-order valence-electron chi connectivity index (χ3n) is 5.53. The van der Waals surface area contributed by atoms with Crippen LogP contribution in [0.3, 0.4) is 0 Å². The molecule has 1 heterocycles. The molecule has 2 aliphatic rings. The van der Waals surface area contributed by atoms with Crippen LogP contribution in [0.5, 0.6) is 0 Å². The van der Waals surface area contributed by atoms with E-state index in [1.165, 1.54) is 36.4 Å². The molecule has 1 aliphatic carbocycles. The first kappa shape index (κ1) is 19.8. The molecule has 0 radical (unpaired) electrons. The third kappa shape index (κ3) is 4.87. The van der Waals surface area contributed by atoms with E-state index in [0.717, 1.165) is 10.9 Å². The molecule has 2 fully saturated rings. The minimum atomic E-state index is -3.48. The molecule has 1 amide bonds. The average molecular weight is 443 g/mol. The van der Waals surface area contributed by atoms with Crippen LogP contribution in [-0.4, -0.2) is 49.7 Å². The lowest BCUT2D eigenvalue weighted by Crippen LogP contribution is -2.50. The topological polar surface area (TPSA) is 57.7 Å².